The zero-order valence-electron chi connectivity index (χ0n) is 16.2. The number of rotatable bonds is 3. The average molecular weight is 393 g/mol. The third-order valence-electron chi connectivity index (χ3n) is 5.25. The first-order chi connectivity index (χ1) is 13.1. The van der Waals surface area contributed by atoms with E-state index >= 15 is 0 Å². The van der Waals surface area contributed by atoms with Crippen molar-refractivity contribution in [3.05, 3.63) is 10.4 Å². The zero-order valence-corrected chi connectivity index (χ0v) is 16.2. The number of methoxy groups -OCH3 is 1. The van der Waals surface area contributed by atoms with Crippen LogP contribution in [0, 0.1) is 5.92 Å². The molecular weight excluding hydrogens is 370 g/mol. The molecule has 5 atom stereocenters. The summed E-state index contributed by atoms with van der Waals surface area (Å²) in [6.45, 7) is 5.17. The molecule has 0 N–H and O–H groups in total. The zero-order chi connectivity index (χ0) is 20.8. The number of carbonyl (C=O) groups excluding carboxylic acids is 4. The molecule has 0 bridgehead atoms. The van der Waals surface area contributed by atoms with Gasteiger partial charge in [-0.25, -0.2) is 4.79 Å². The van der Waals surface area contributed by atoms with Gasteiger partial charge in [-0.1, -0.05) is 5.11 Å². The summed E-state index contributed by atoms with van der Waals surface area (Å²) >= 11 is 0. The number of fused-ring (bicyclic) bond motifs is 2. The normalized spacial score (nSPS) is 31.8. The van der Waals surface area contributed by atoms with Gasteiger partial charge >= 0.3 is 11.9 Å². The minimum atomic E-state index is -1.23. The molecule has 0 unspecified atom stereocenters. The minimum absolute atomic E-state index is 0.0173. The van der Waals surface area contributed by atoms with Crippen LogP contribution in [0.3, 0.4) is 0 Å². The van der Waals surface area contributed by atoms with Crippen LogP contribution >= 0.6 is 0 Å². The SMILES string of the molecule is COC(=O)[C@H]1C[C@H]2C(=O)N3C[C@@H](N=[N+]=[N-])C[C@H]3C(=O)N2[C@@H]1C(=O)OC(C)(C)C. The Hall–Kier alpha value is -2.81. The maximum absolute atomic E-state index is 13.2. The fraction of sp³-hybridized carbons (Fsp3) is 0.765. The predicted octanol–water partition coefficient (Wildman–Crippen LogP) is 0.380. The van der Waals surface area contributed by atoms with Gasteiger partial charge in [0.2, 0.25) is 11.8 Å². The molecule has 0 aliphatic carbocycles. The van der Waals surface area contributed by atoms with E-state index in [1.165, 1.54) is 16.9 Å². The monoisotopic (exact) mass is 393 g/mol. The van der Waals surface area contributed by atoms with Crippen LogP contribution in [0.1, 0.15) is 33.6 Å². The summed E-state index contributed by atoms with van der Waals surface area (Å²) in [7, 11) is 1.19. The van der Waals surface area contributed by atoms with Gasteiger partial charge < -0.3 is 19.3 Å². The molecular formula is C17H23N5O6. The molecule has 152 valence electrons. The van der Waals surface area contributed by atoms with Crippen LogP contribution in [0.4, 0.5) is 0 Å². The number of ether oxygens (including phenoxy) is 2. The number of nitrogens with zero attached hydrogens (tertiary/aromatic N) is 5. The van der Waals surface area contributed by atoms with Gasteiger partial charge in [0, 0.05) is 11.5 Å². The van der Waals surface area contributed by atoms with E-state index < -0.39 is 53.5 Å². The third-order valence-corrected chi connectivity index (χ3v) is 5.25. The van der Waals surface area contributed by atoms with Crippen LogP contribution in [0.5, 0.6) is 0 Å². The van der Waals surface area contributed by atoms with E-state index in [1.807, 2.05) is 0 Å². The van der Waals surface area contributed by atoms with Crippen molar-refractivity contribution in [2.45, 2.75) is 63.4 Å². The highest BCUT2D eigenvalue weighted by Crippen LogP contribution is 2.40. The smallest absolute Gasteiger partial charge is 0.330 e. The molecule has 11 nitrogen and oxygen atoms in total. The van der Waals surface area contributed by atoms with E-state index in [0.29, 0.717) is 0 Å². The topological polar surface area (TPSA) is 142 Å². The molecule has 3 saturated heterocycles. The standard InChI is InChI=1S/C17H23N5O6/c1-17(2,3)28-16(26)12-9(15(25)27-4)6-11-13(23)21-7-8(19-20-18)5-10(21)14(24)22(11)12/h8-12H,5-7H2,1-4H3/t8-,9-,10-,11-,12-/m0/s1. The molecule has 3 aliphatic rings. The van der Waals surface area contributed by atoms with Gasteiger partial charge in [-0.3, -0.25) is 14.4 Å². The summed E-state index contributed by atoms with van der Waals surface area (Å²) in [5, 5.41) is 3.62. The second-order valence-corrected chi connectivity index (χ2v) is 8.21. The average Bonchev–Trinajstić information content (AvgIpc) is 3.20. The van der Waals surface area contributed by atoms with Gasteiger partial charge in [-0.2, -0.15) is 0 Å². The van der Waals surface area contributed by atoms with Crippen molar-refractivity contribution in [3.63, 3.8) is 0 Å². The van der Waals surface area contributed by atoms with Crippen LogP contribution in [-0.4, -0.2) is 77.0 Å². The molecule has 0 radical (unpaired) electrons. The molecule has 2 amide bonds. The highest BCUT2D eigenvalue weighted by atomic mass is 16.6. The van der Waals surface area contributed by atoms with Crippen molar-refractivity contribution in [1.82, 2.24) is 9.80 Å². The first-order valence-electron chi connectivity index (χ1n) is 9.06. The Morgan fingerprint density at radius 2 is 1.82 bits per heavy atom. The van der Waals surface area contributed by atoms with Crippen molar-refractivity contribution in [2.24, 2.45) is 11.0 Å². The Bertz CT molecular complexity index is 770. The predicted molar refractivity (Wildman–Crippen MR) is 93.4 cm³/mol. The minimum Gasteiger partial charge on any atom is -0.469 e. The van der Waals surface area contributed by atoms with Gasteiger partial charge in [-0.05, 0) is 39.1 Å². The van der Waals surface area contributed by atoms with Gasteiger partial charge in [0.15, 0.2) is 0 Å². The Balaban J connectivity index is 1.96. The van der Waals surface area contributed by atoms with E-state index in [4.69, 9.17) is 15.0 Å². The summed E-state index contributed by atoms with van der Waals surface area (Å²) < 4.78 is 10.2. The van der Waals surface area contributed by atoms with Crippen LogP contribution in [-0.2, 0) is 28.7 Å². The van der Waals surface area contributed by atoms with Crippen molar-refractivity contribution in [3.8, 4) is 0 Å². The van der Waals surface area contributed by atoms with E-state index in [-0.39, 0.29) is 25.3 Å². The summed E-state index contributed by atoms with van der Waals surface area (Å²) in [5.41, 5.74) is 7.82. The Kier molecular flexibility index (Phi) is 4.97. The molecule has 0 aromatic rings. The molecule has 3 heterocycles. The number of hydrogen-bond acceptors (Lipinski definition) is 7. The van der Waals surface area contributed by atoms with E-state index in [1.54, 1.807) is 20.8 Å². The lowest BCUT2D eigenvalue weighted by atomic mass is 9.98. The highest BCUT2D eigenvalue weighted by molar-refractivity contribution is 6.02. The Labute approximate surface area is 161 Å². The van der Waals surface area contributed by atoms with Crippen molar-refractivity contribution in [2.75, 3.05) is 13.7 Å². The largest absolute Gasteiger partial charge is 0.469 e. The second kappa shape index (κ2) is 6.97. The lowest BCUT2D eigenvalue weighted by Gasteiger charge is -2.40. The highest BCUT2D eigenvalue weighted by Gasteiger charge is 2.61. The molecule has 0 aromatic carbocycles. The van der Waals surface area contributed by atoms with E-state index in [2.05, 4.69) is 10.0 Å². The van der Waals surface area contributed by atoms with E-state index in [9.17, 15) is 19.2 Å². The lowest BCUT2D eigenvalue weighted by molar-refractivity contribution is -0.173. The molecule has 3 fully saturated rings. The summed E-state index contributed by atoms with van der Waals surface area (Å²) in [6, 6.07) is -3.50. The molecule has 11 heteroatoms. The summed E-state index contributed by atoms with van der Waals surface area (Å²) in [4.78, 5) is 56.6. The van der Waals surface area contributed by atoms with E-state index in [0.717, 1.165) is 0 Å². The quantitative estimate of drug-likeness (QED) is 0.294. The van der Waals surface area contributed by atoms with Crippen LogP contribution in [0.25, 0.3) is 10.4 Å². The summed E-state index contributed by atoms with van der Waals surface area (Å²) in [5.74, 6) is -3.20. The molecule has 0 saturated carbocycles. The molecule has 0 aromatic heterocycles. The maximum Gasteiger partial charge on any atom is 0.330 e. The van der Waals surface area contributed by atoms with Gasteiger partial charge in [-0.15, -0.1) is 0 Å². The molecule has 0 spiro atoms. The number of azide groups is 1. The summed E-state index contributed by atoms with van der Waals surface area (Å²) in [6.07, 6.45) is 0.165. The Morgan fingerprint density at radius 3 is 2.39 bits per heavy atom. The van der Waals surface area contributed by atoms with Crippen molar-refractivity contribution < 1.29 is 28.7 Å². The van der Waals surface area contributed by atoms with Crippen molar-refractivity contribution >= 4 is 23.8 Å². The third kappa shape index (κ3) is 3.26. The number of carbonyl (C=O) groups is 4. The van der Waals surface area contributed by atoms with Gasteiger partial charge in [0.1, 0.15) is 23.7 Å². The van der Waals surface area contributed by atoms with Crippen molar-refractivity contribution in [1.29, 1.82) is 0 Å². The molecule has 3 aliphatic heterocycles. The first-order valence-corrected chi connectivity index (χ1v) is 9.06. The van der Waals surface area contributed by atoms with Crippen LogP contribution in [0.2, 0.25) is 0 Å². The van der Waals surface area contributed by atoms with Crippen LogP contribution < -0.4 is 0 Å². The van der Waals surface area contributed by atoms with Gasteiger partial charge in [0.05, 0.1) is 19.1 Å². The fourth-order valence-corrected chi connectivity index (χ4v) is 4.21. The molecule has 28 heavy (non-hydrogen) atoms. The number of amides is 2. The Morgan fingerprint density at radius 1 is 1.14 bits per heavy atom. The lowest BCUT2D eigenvalue weighted by Crippen LogP contribution is -2.63. The number of piperazine rings is 1. The van der Waals surface area contributed by atoms with Crippen LogP contribution in [0.15, 0.2) is 5.11 Å². The fourth-order valence-electron chi connectivity index (χ4n) is 4.21. The number of esters is 2. The maximum atomic E-state index is 13.2. The first kappa shape index (κ1) is 19.9. The second-order valence-electron chi connectivity index (χ2n) is 8.21. The van der Waals surface area contributed by atoms with Gasteiger partial charge in [0.25, 0.3) is 0 Å². The molecule has 3 rings (SSSR count). The number of hydrogen-bond donors (Lipinski definition) is 0.